The summed E-state index contributed by atoms with van der Waals surface area (Å²) in [5.74, 6) is -0.0900. The number of nitrogens with two attached hydrogens (primary N) is 1. The second-order valence-corrected chi connectivity index (χ2v) is 9.95. The summed E-state index contributed by atoms with van der Waals surface area (Å²) in [6.07, 6.45) is -3.20. The molecule has 3 aromatic rings. The number of fused-ring (bicyclic) bond motifs is 1. The van der Waals surface area contributed by atoms with Gasteiger partial charge in [-0.3, -0.25) is 9.69 Å². The fraction of sp³-hybridized carbons (Fsp3) is 0.357. The van der Waals surface area contributed by atoms with Crippen molar-refractivity contribution in [3.63, 3.8) is 0 Å². The van der Waals surface area contributed by atoms with Crippen LogP contribution in [0, 0.1) is 5.92 Å². The van der Waals surface area contributed by atoms with Crippen LogP contribution in [0.4, 0.5) is 24.5 Å². The van der Waals surface area contributed by atoms with Crippen LogP contribution < -0.4 is 10.6 Å². The number of amides is 1. The standard InChI is InChI=1S/C28H29F3N4O3/c29-28(30,31)21-4-6-22(7-5-21)35-10-9-34(14-17-1-2-17)15-20-11-18(3-8-25(20)35)23-12-19(26(37)16-36)13-24(33-23)27(32)38/h3-8,11-13,17,26,36-37H,1-2,9-10,14-16H2,(H2,32,38)/t26-/m1/s1. The van der Waals surface area contributed by atoms with Crippen LogP contribution >= 0.6 is 0 Å². The second-order valence-electron chi connectivity index (χ2n) is 9.95. The highest BCUT2D eigenvalue weighted by molar-refractivity contribution is 5.91. The number of aromatic nitrogens is 1. The second kappa shape index (κ2) is 10.4. The Morgan fingerprint density at radius 1 is 1.08 bits per heavy atom. The van der Waals surface area contributed by atoms with Gasteiger partial charge in [0.15, 0.2) is 0 Å². The van der Waals surface area contributed by atoms with Crippen LogP contribution in [-0.2, 0) is 12.7 Å². The van der Waals surface area contributed by atoms with E-state index >= 15 is 0 Å². The molecule has 1 aliphatic carbocycles. The number of benzene rings is 2. The van der Waals surface area contributed by atoms with Gasteiger partial charge in [0.05, 0.1) is 17.9 Å². The van der Waals surface area contributed by atoms with Gasteiger partial charge in [0, 0.05) is 43.1 Å². The molecule has 2 aliphatic rings. The van der Waals surface area contributed by atoms with Crippen molar-refractivity contribution in [3.8, 4) is 11.3 Å². The number of aliphatic hydroxyl groups excluding tert-OH is 2. The molecule has 1 fully saturated rings. The van der Waals surface area contributed by atoms with E-state index in [1.54, 1.807) is 6.07 Å². The van der Waals surface area contributed by atoms with Crippen LogP contribution in [0.3, 0.4) is 0 Å². The van der Waals surface area contributed by atoms with Crippen LogP contribution in [0.2, 0.25) is 0 Å². The van der Waals surface area contributed by atoms with E-state index in [-0.39, 0.29) is 5.69 Å². The van der Waals surface area contributed by atoms with Gasteiger partial charge in [0.2, 0.25) is 0 Å². The Morgan fingerprint density at radius 2 is 1.82 bits per heavy atom. The van der Waals surface area contributed by atoms with Gasteiger partial charge in [-0.15, -0.1) is 0 Å². The maximum Gasteiger partial charge on any atom is 0.416 e. The summed E-state index contributed by atoms with van der Waals surface area (Å²) in [6, 6.07) is 13.9. The van der Waals surface area contributed by atoms with Crippen LogP contribution in [-0.4, -0.2) is 52.2 Å². The molecule has 0 bridgehead atoms. The van der Waals surface area contributed by atoms with Gasteiger partial charge >= 0.3 is 6.18 Å². The van der Waals surface area contributed by atoms with Gasteiger partial charge in [-0.1, -0.05) is 6.07 Å². The number of alkyl halides is 3. The largest absolute Gasteiger partial charge is 0.416 e. The molecule has 2 aromatic carbocycles. The van der Waals surface area contributed by atoms with Crippen molar-refractivity contribution in [2.24, 2.45) is 11.7 Å². The first-order chi connectivity index (χ1) is 18.1. The number of nitrogens with zero attached hydrogens (tertiary/aromatic N) is 3. The summed E-state index contributed by atoms with van der Waals surface area (Å²) in [7, 11) is 0. The molecule has 0 unspecified atom stereocenters. The number of hydrogen-bond donors (Lipinski definition) is 3. The third-order valence-electron chi connectivity index (χ3n) is 7.08. The molecule has 1 aliphatic heterocycles. The van der Waals surface area contributed by atoms with E-state index in [0.29, 0.717) is 41.5 Å². The number of carbonyl (C=O) groups excluding carboxylic acids is 1. The summed E-state index contributed by atoms with van der Waals surface area (Å²) in [5, 5.41) is 19.6. The first-order valence-electron chi connectivity index (χ1n) is 12.5. The van der Waals surface area contributed by atoms with Crippen LogP contribution in [0.5, 0.6) is 0 Å². The zero-order valence-corrected chi connectivity index (χ0v) is 20.7. The molecule has 2 heterocycles. The average Bonchev–Trinajstić information content (AvgIpc) is 3.73. The lowest BCUT2D eigenvalue weighted by Gasteiger charge is -2.26. The molecule has 4 N–H and O–H groups in total. The van der Waals surface area contributed by atoms with Gasteiger partial charge in [-0.05, 0) is 78.4 Å². The molecule has 10 heteroatoms. The lowest BCUT2D eigenvalue weighted by molar-refractivity contribution is -0.137. The molecule has 1 saturated carbocycles. The average molecular weight is 527 g/mol. The Hall–Kier alpha value is -3.47. The Kier molecular flexibility index (Phi) is 7.13. The maximum absolute atomic E-state index is 13.1. The molecule has 200 valence electrons. The van der Waals surface area contributed by atoms with Gasteiger partial charge in [-0.25, -0.2) is 4.98 Å². The molecule has 0 radical (unpaired) electrons. The maximum atomic E-state index is 13.1. The summed E-state index contributed by atoms with van der Waals surface area (Å²) in [6.45, 7) is 2.45. The quantitative estimate of drug-likeness (QED) is 0.425. The molecule has 1 aromatic heterocycles. The van der Waals surface area contributed by atoms with Crippen molar-refractivity contribution in [1.29, 1.82) is 0 Å². The van der Waals surface area contributed by atoms with Crippen molar-refractivity contribution in [1.82, 2.24) is 9.88 Å². The summed E-state index contributed by atoms with van der Waals surface area (Å²) in [5.41, 5.74) is 8.70. The normalized spacial score (nSPS) is 17.1. The molecular formula is C28H29F3N4O3. The number of rotatable bonds is 7. The fourth-order valence-corrected chi connectivity index (χ4v) is 4.86. The molecular weight excluding hydrogens is 497 g/mol. The molecule has 0 spiro atoms. The first kappa shape index (κ1) is 26.1. The highest BCUT2D eigenvalue weighted by atomic mass is 19.4. The molecule has 7 nitrogen and oxygen atoms in total. The van der Waals surface area contributed by atoms with Gasteiger partial charge in [-0.2, -0.15) is 13.2 Å². The molecule has 38 heavy (non-hydrogen) atoms. The van der Waals surface area contributed by atoms with E-state index in [0.717, 1.165) is 36.5 Å². The first-order valence-corrected chi connectivity index (χ1v) is 12.5. The van der Waals surface area contributed by atoms with Crippen LogP contribution in [0.15, 0.2) is 54.6 Å². The predicted molar refractivity (Wildman–Crippen MR) is 137 cm³/mol. The highest BCUT2D eigenvalue weighted by Crippen LogP contribution is 2.38. The summed E-state index contributed by atoms with van der Waals surface area (Å²) < 4.78 is 39.4. The zero-order valence-electron chi connectivity index (χ0n) is 20.7. The number of hydrogen-bond acceptors (Lipinski definition) is 6. The lowest BCUT2D eigenvalue weighted by atomic mass is 10.0. The van der Waals surface area contributed by atoms with Gasteiger partial charge in [0.1, 0.15) is 11.8 Å². The monoisotopic (exact) mass is 526 g/mol. The summed E-state index contributed by atoms with van der Waals surface area (Å²) in [4.78, 5) is 20.7. The number of aliphatic hydroxyl groups is 2. The van der Waals surface area contributed by atoms with E-state index in [1.807, 2.05) is 23.1 Å². The number of carbonyl (C=O) groups is 1. The Labute approximate surface area is 218 Å². The molecule has 1 atom stereocenters. The van der Waals surface area contributed by atoms with E-state index in [2.05, 4.69) is 9.88 Å². The van der Waals surface area contributed by atoms with Crippen molar-refractivity contribution in [3.05, 3.63) is 77.0 Å². The van der Waals surface area contributed by atoms with E-state index in [4.69, 9.17) is 5.73 Å². The third-order valence-corrected chi connectivity index (χ3v) is 7.08. The number of anilines is 2. The van der Waals surface area contributed by atoms with Crippen LogP contribution in [0.25, 0.3) is 11.3 Å². The number of halogens is 3. The molecule has 1 amide bonds. The van der Waals surface area contributed by atoms with E-state index in [9.17, 15) is 28.2 Å². The Balaban J connectivity index is 1.55. The molecule has 0 saturated heterocycles. The van der Waals surface area contributed by atoms with Gasteiger partial charge in [0.25, 0.3) is 5.91 Å². The predicted octanol–water partition coefficient (Wildman–Crippen LogP) is 4.26. The SMILES string of the molecule is NC(=O)c1cc([C@H](O)CO)cc(-c2ccc3c(c2)CN(CC2CC2)CCN3c2ccc(C(F)(F)F)cc2)n1. The topological polar surface area (TPSA) is 103 Å². The van der Waals surface area contributed by atoms with E-state index < -0.39 is 30.4 Å². The van der Waals surface area contributed by atoms with Crippen molar-refractivity contribution >= 4 is 17.3 Å². The van der Waals surface area contributed by atoms with Crippen molar-refractivity contribution in [2.45, 2.75) is 31.7 Å². The number of primary amides is 1. The minimum absolute atomic E-state index is 0.0262. The third kappa shape index (κ3) is 5.67. The molecule has 5 rings (SSSR count). The van der Waals surface area contributed by atoms with Gasteiger partial charge < -0.3 is 20.8 Å². The minimum Gasteiger partial charge on any atom is -0.393 e. The van der Waals surface area contributed by atoms with Crippen molar-refractivity contribution < 1.29 is 28.2 Å². The Morgan fingerprint density at radius 3 is 2.45 bits per heavy atom. The Bertz CT molecular complexity index is 1330. The van der Waals surface area contributed by atoms with E-state index in [1.165, 1.54) is 31.0 Å². The summed E-state index contributed by atoms with van der Waals surface area (Å²) >= 11 is 0. The number of pyridine rings is 1. The highest BCUT2D eigenvalue weighted by Gasteiger charge is 2.31. The fourth-order valence-electron chi connectivity index (χ4n) is 4.86. The van der Waals surface area contributed by atoms with Crippen molar-refractivity contribution in [2.75, 3.05) is 31.1 Å². The van der Waals surface area contributed by atoms with Crippen LogP contribution in [0.1, 0.15) is 46.1 Å². The smallest absolute Gasteiger partial charge is 0.393 e. The lowest BCUT2D eigenvalue weighted by Crippen LogP contribution is -2.30. The zero-order chi connectivity index (χ0) is 27.0. The minimum atomic E-state index is -4.40.